The number of anilines is 3. The fourth-order valence-corrected chi connectivity index (χ4v) is 3.50. The lowest BCUT2D eigenvalue weighted by Gasteiger charge is -2.41. The van der Waals surface area contributed by atoms with Crippen molar-refractivity contribution in [2.24, 2.45) is 17.7 Å². The van der Waals surface area contributed by atoms with E-state index in [0.717, 1.165) is 30.7 Å². The first-order valence-electron chi connectivity index (χ1n) is 7.12. The van der Waals surface area contributed by atoms with Crippen molar-refractivity contribution in [3.8, 4) is 0 Å². The lowest BCUT2D eigenvalue weighted by atomic mass is 9.75. The van der Waals surface area contributed by atoms with E-state index in [-0.39, 0.29) is 5.95 Å². The minimum Gasteiger partial charge on any atom is -0.368 e. The topological polar surface area (TPSA) is 93.1 Å². The van der Waals surface area contributed by atoms with Crippen LogP contribution in [0.1, 0.15) is 32.1 Å². The number of hydrazine groups is 1. The number of hydrogen-bond donors (Lipinski definition) is 3. The highest BCUT2D eigenvalue weighted by Crippen LogP contribution is 2.37. The van der Waals surface area contributed by atoms with Gasteiger partial charge in [0.25, 0.3) is 0 Å². The van der Waals surface area contributed by atoms with Crippen molar-refractivity contribution in [2.45, 2.75) is 32.1 Å². The second-order valence-corrected chi connectivity index (χ2v) is 5.65. The molecule has 0 radical (unpaired) electrons. The Morgan fingerprint density at radius 2 is 1.95 bits per heavy atom. The fourth-order valence-electron chi connectivity index (χ4n) is 3.50. The molecule has 3 rings (SSSR count). The van der Waals surface area contributed by atoms with Gasteiger partial charge in [-0.3, -0.25) is 0 Å². The first-order valence-corrected chi connectivity index (χ1v) is 7.12. The molecule has 5 N–H and O–H groups in total. The highest BCUT2D eigenvalue weighted by Gasteiger charge is 2.31. The molecule has 0 bridgehead atoms. The van der Waals surface area contributed by atoms with Gasteiger partial charge in [-0.2, -0.15) is 9.97 Å². The zero-order chi connectivity index (χ0) is 13.2. The summed E-state index contributed by atoms with van der Waals surface area (Å²) in [6.45, 7) is 2.15. The maximum atomic E-state index is 5.73. The van der Waals surface area contributed by atoms with Gasteiger partial charge in [-0.25, -0.2) is 5.84 Å². The van der Waals surface area contributed by atoms with Crippen molar-refractivity contribution in [2.75, 3.05) is 29.1 Å². The number of nitrogens with zero attached hydrogens (tertiary/aromatic N) is 3. The number of piperidine rings is 1. The molecule has 0 spiro atoms. The third-order valence-electron chi connectivity index (χ3n) is 4.49. The van der Waals surface area contributed by atoms with Gasteiger partial charge in [0.15, 0.2) is 0 Å². The van der Waals surface area contributed by atoms with Crippen LogP contribution in [0.15, 0.2) is 6.07 Å². The normalized spacial score (nSPS) is 26.9. The number of fused-ring (bicyclic) bond motifs is 1. The Morgan fingerprint density at radius 3 is 2.74 bits per heavy atom. The van der Waals surface area contributed by atoms with Crippen LogP contribution >= 0.6 is 0 Å². The van der Waals surface area contributed by atoms with E-state index in [2.05, 4.69) is 20.3 Å². The van der Waals surface area contributed by atoms with E-state index in [1.54, 1.807) is 0 Å². The summed E-state index contributed by atoms with van der Waals surface area (Å²) in [4.78, 5) is 10.7. The molecule has 1 saturated carbocycles. The summed E-state index contributed by atoms with van der Waals surface area (Å²) < 4.78 is 0. The molecule has 2 heterocycles. The molecule has 2 fully saturated rings. The third-order valence-corrected chi connectivity index (χ3v) is 4.49. The van der Waals surface area contributed by atoms with Gasteiger partial charge in [0, 0.05) is 19.2 Å². The predicted octanol–water partition coefficient (Wildman–Crippen LogP) is 1.36. The van der Waals surface area contributed by atoms with Crippen LogP contribution in [0, 0.1) is 11.8 Å². The quantitative estimate of drug-likeness (QED) is 0.550. The van der Waals surface area contributed by atoms with E-state index < -0.39 is 0 Å². The molecular weight excluding hydrogens is 240 g/mol. The van der Waals surface area contributed by atoms with Gasteiger partial charge < -0.3 is 16.1 Å². The van der Waals surface area contributed by atoms with Crippen molar-refractivity contribution < 1.29 is 0 Å². The number of rotatable bonds is 2. The molecule has 104 valence electrons. The molecule has 1 aromatic heterocycles. The number of aromatic nitrogens is 2. The standard InChI is InChI=1S/C13H22N6/c14-13-16-11(18-15)7-12(17-13)19-6-5-9-3-1-2-4-10(9)8-19/h7,9-10H,1-6,8,15H2,(H3,14,16,17,18). The Bertz CT molecular complexity index is 449. The van der Waals surface area contributed by atoms with Crippen molar-refractivity contribution >= 4 is 17.6 Å². The van der Waals surface area contributed by atoms with E-state index in [4.69, 9.17) is 11.6 Å². The Hall–Kier alpha value is -1.56. The molecular formula is C13H22N6. The highest BCUT2D eigenvalue weighted by molar-refractivity contribution is 5.52. The molecule has 2 unspecified atom stereocenters. The summed E-state index contributed by atoms with van der Waals surface area (Å²) in [7, 11) is 0. The summed E-state index contributed by atoms with van der Waals surface area (Å²) in [5.41, 5.74) is 8.27. The molecule has 2 aliphatic rings. The lowest BCUT2D eigenvalue weighted by Crippen LogP contribution is -2.42. The van der Waals surface area contributed by atoms with Crippen LogP contribution in [0.25, 0.3) is 0 Å². The molecule has 19 heavy (non-hydrogen) atoms. The maximum absolute atomic E-state index is 5.73. The lowest BCUT2D eigenvalue weighted by molar-refractivity contribution is 0.202. The summed E-state index contributed by atoms with van der Waals surface area (Å²) in [6.07, 6.45) is 6.79. The number of nitrogens with two attached hydrogens (primary N) is 2. The number of hydrogen-bond acceptors (Lipinski definition) is 6. The fraction of sp³-hybridized carbons (Fsp3) is 0.692. The highest BCUT2D eigenvalue weighted by atomic mass is 15.3. The first-order chi connectivity index (χ1) is 9.26. The Labute approximate surface area is 113 Å². The van der Waals surface area contributed by atoms with Crippen LogP contribution in [0.4, 0.5) is 17.6 Å². The molecule has 6 heteroatoms. The summed E-state index contributed by atoms with van der Waals surface area (Å²) in [6, 6.07) is 1.87. The van der Waals surface area contributed by atoms with E-state index in [9.17, 15) is 0 Å². The average Bonchev–Trinajstić information content (AvgIpc) is 2.46. The second kappa shape index (κ2) is 5.21. The molecule has 0 amide bonds. The maximum Gasteiger partial charge on any atom is 0.223 e. The Kier molecular flexibility index (Phi) is 3.42. The SMILES string of the molecule is NNc1cc(N2CCC3CCCCC3C2)nc(N)n1. The molecule has 1 saturated heterocycles. The summed E-state index contributed by atoms with van der Waals surface area (Å²) in [5.74, 6) is 8.88. The van der Waals surface area contributed by atoms with E-state index in [1.807, 2.05) is 6.07 Å². The number of nitrogen functional groups attached to an aromatic ring is 2. The summed E-state index contributed by atoms with van der Waals surface area (Å²) >= 11 is 0. The monoisotopic (exact) mass is 262 g/mol. The minimum atomic E-state index is 0.274. The van der Waals surface area contributed by atoms with Crippen molar-refractivity contribution in [1.82, 2.24) is 9.97 Å². The molecule has 0 aromatic carbocycles. The van der Waals surface area contributed by atoms with Crippen LogP contribution in [-0.2, 0) is 0 Å². The van der Waals surface area contributed by atoms with Crippen molar-refractivity contribution in [3.63, 3.8) is 0 Å². The molecule has 1 aliphatic heterocycles. The smallest absolute Gasteiger partial charge is 0.223 e. The summed E-state index contributed by atoms with van der Waals surface area (Å²) in [5, 5.41) is 0. The van der Waals surface area contributed by atoms with Crippen LogP contribution in [0.2, 0.25) is 0 Å². The van der Waals surface area contributed by atoms with Crippen molar-refractivity contribution in [1.29, 1.82) is 0 Å². The van der Waals surface area contributed by atoms with Crippen LogP contribution in [0.3, 0.4) is 0 Å². The zero-order valence-corrected chi connectivity index (χ0v) is 11.2. The average molecular weight is 262 g/mol. The van der Waals surface area contributed by atoms with Gasteiger partial charge in [0.1, 0.15) is 11.6 Å². The van der Waals surface area contributed by atoms with Crippen LogP contribution in [-0.4, -0.2) is 23.1 Å². The van der Waals surface area contributed by atoms with E-state index in [1.165, 1.54) is 32.1 Å². The molecule has 2 atom stereocenters. The van der Waals surface area contributed by atoms with Gasteiger partial charge in [-0.05, 0) is 24.7 Å². The first kappa shape index (κ1) is 12.5. The molecule has 1 aliphatic carbocycles. The van der Waals surface area contributed by atoms with Gasteiger partial charge in [-0.1, -0.05) is 19.3 Å². The molecule has 1 aromatic rings. The largest absolute Gasteiger partial charge is 0.368 e. The predicted molar refractivity (Wildman–Crippen MR) is 76.5 cm³/mol. The number of nitrogens with one attached hydrogen (secondary N) is 1. The van der Waals surface area contributed by atoms with Gasteiger partial charge in [-0.15, -0.1) is 0 Å². The van der Waals surface area contributed by atoms with Gasteiger partial charge in [0.2, 0.25) is 5.95 Å². The second-order valence-electron chi connectivity index (χ2n) is 5.65. The van der Waals surface area contributed by atoms with Crippen LogP contribution < -0.4 is 21.9 Å². The Balaban J connectivity index is 1.77. The van der Waals surface area contributed by atoms with E-state index in [0.29, 0.717) is 5.82 Å². The van der Waals surface area contributed by atoms with Gasteiger partial charge >= 0.3 is 0 Å². The minimum absolute atomic E-state index is 0.274. The van der Waals surface area contributed by atoms with Gasteiger partial charge in [0.05, 0.1) is 0 Å². The van der Waals surface area contributed by atoms with E-state index >= 15 is 0 Å². The Morgan fingerprint density at radius 1 is 1.16 bits per heavy atom. The zero-order valence-electron chi connectivity index (χ0n) is 11.2. The van der Waals surface area contributed by atoms with Crippen LogP contribution in [0.5, 0.6) is 0 Å². The van der Waals surface area contributed by atoms with Crippen molar-refractivity contribution in [3.05, 3.63) is 6.07 Å². The third kappa shape index (κ3) is 2.58. The molecule has 6 nitrogen and oxygen atoms in total.